The zero-order chi connectivity index (χ0) is 20.7. The van der Waals surface area contributed by atoms with E-state index in [1.165, 1.54) is 38.9 Å². The first-order valence-corrected chi connectivity index (χ1v) is 10.5. The highest BCUT2D eigenvalue weighted by Gasteiger charge is 2.45. The second kappa shape index (κ2) is 7.07. The van der Waals surface area contributed by atoms with Gasteiger partial charge in [-0.3, -0.25) is 0 Å². The van der Waals surface area contributed by atoms with Crippen LogP contribution < -0.4 is 10.6 Å². The summed E-state index contributed by atoms with van der Waals surface area (Å²) in [6.45, 7) is 2.18. The largest absolute Gasteiger partial charge is 0.388 e. The lowest BCUT2D eigenvalue weighted by Gasteiger charge is -2.34. The third kappa shape index (κ3) is 2.57. The van der Waals surface area contributed by atoms with Crippen molar-refractivity contribution in [1.82, 2.24) is 0 Å². The van der Waals surface area contributed by atoms with E-state index in [2.05, 4.69) is 109 Å². The van der Waals surface area contributed by atoms with Crippen LogP contribution in [-0.4, -0.2) is 14.1 Å². The molecular weight excluding hydrogens is 364 g/mol. The predicted octanol–water partition coefficient (Wildman–Crippen LogP) is 6.44. The molecule has 0 aromatic heterocycles. The molecule has 0 saturated heterocycles. The van der Waals surface area contributed by atoms with Crippen molar-refractivity contribution >= 4 is 11.4 Å². The molecule has 5 rings (SSSR count). The van der Waals surface area contributed by atoms with Crippen LogP contribution in [0.3, 0.4) is 0 Å². The minimum atomic E-state index is -0.337. The third-order valence-corrected chi connectivity index (χ3v) is 6.41. The summed E-state index contributed by atoms with van der Waals surface area (Å²) < 4.78 is 0. The lowest BCUT2D eigenvalue weighted by Crippen LogP contribution is -2.28. The summed E-state index contributed by atoms with van der Waals surface area (Å²) in [5, 5.41) is 6.50. The van der Waals surface area contributed by atoms with E-state index in [0.29, 0.717) is 0 Å². The minimum Gasteiger partial charge on any atom is -0.388 e. The molecule has 0 aliphatic heterocycles. The predicted molar refractivity (Wildman–Crippen MR) is 128 cm³/mol. The molecule has 0 heterocycles. The van der Waals surface area contributed by atoms with Crippen LogP contribution in [-0.2, 0) is 5.41 Å². The molecule has 0 bridgehead atoms. The third-order valence-electron chi connectivity index (χ3n) is 6.41. The Bertz CT molecular complexity index is 1160. The van der Waals surface area contributed by atoms with Gasteiger partial charge in [0, 0.05) is 25.5 Å². The second-order valence-electron chi connectivity index (χ2n) is 8.00. The Hall–Kier alpha value is -3.52. The van der Waals surface area contributed by atoms with Gasteiger partial charge in [-0.1, -0.05) is 72.3 Å². The molecule has 4 aromatic rings. The summed E-state index contributed by atoms with van der Waals surface area (Å²) in [5.41, 5.74) is 11.1. The van der Waals surface area contributed by atoms with Crippen molar-refractivity contribution in [3.63, 3.8) is 0 Å². The molecule has 0 radical (unpaired) electrons. The monoisotopic (exact) mass is 390 g/mol. The Morgan fingerprint density at radius 3 is 1.67 bits per heavy atom. The molecular formula is C28H26N2. The van der Waals surface area contributed by atoms with E-state index in [1.54, 1.807) is 0 Å². The Morgan fingerprint density at radius 2 is 1.10 bits per heavy atom. The molecule has 1 aliphatic rings. The van der Waals surface area contributed by atoms with Gasteiger partial charge in [0.1, 0.15) is 0 Å². The Balaban J connectivity index is 1.90. The SMILES string of the molecule is CNc1ccc(C2(c3ccc(NC)cc3)c3ccccc3-c3ccc(C)cc32)cc1. The van der Waals surface area contributed by atoms with Crippen molar-refractivity contribution in [2.45, 2.75) is 12.3 Å². The fourth-order valence-electron chi connectivity index (χ4n) is 4.96. The number of benzene rings is 4. The van der Waals surface area contributed by atoms with E-state index >= 15 is 0 Å². The highest BCUT2D eigenvalue weighted by atomic mass is 14.8. The number of fused-ring (bicyclic) bond motifs is 3. The maximum atomic E-state index is 3.25. The van der Waals surface area contributed by atoms with Gasteiger partial charge >= 0.3 is 0 Å². The fourth-order valence-corrected chi connectivity index (χ4v) is 4.96. The molecule has 0 fully saturated rings. The average Bonchev–Trinajstić information content (AvgIpc) is 3.09. The van der Waals surface area contributed by atoms with Crippen LogP contribution in [0.15, 0.2) is 91.0 Å². The molecule has 0 amide bonds. The summed E-state index contributed by atoms with van der Waals surface area (Å²) in [5.74, 6) is 0. The van der Waals surface area contributed by atoms with E-state index in [4.69, 9.17) is 0 Å². The van der Waals surface area contributed by atoms with Crippen LogP contribution in [0.4, 0.5) is 11.4 Å². The quantitative estimate of drug-likeness (QED) is 0.369. The number of hydrogen-bond donors (Lipinski definition) is 2. The van der Waals surface area contributed by atoms with Crippen molar-refractivity contribution in [3.05, 3.63) is 119 Å². The first kappa shape index (κ1) is 18.5. The summed E-state index contributed by atoms with van der Waals surface area (Å²) >= 11 is 0. The van der Waals surface area contributed by atoms with Crippen molar-refractivity contribution in [3.8, 4) is 11.1 Å². The van der Waals surface area contributed by atoms with Crippen LogP contribution in [0.1, 0.15) is 27.8 Å². The lowest BCUT2D eigenvalue weighted by atomic mass is 9.67. The Labute approximate surface area is 178 Å². The van der Waals surface area contributed by atoms with Crippen molar-refractivity contribution < 1.29 is 0 Å². The highest BCUT2D eigenvalue weighted by Crippen LogP contribution is 2.56. The molecule has 148 valence electrons. The normalized spacial score (nSPS) is 13.4. The van der Waals surface area contributed by atoms with Crippen LogP contribution in [0, 0.1) is 6.92 Å². The van der Waals surface area contributed by atoms with Crippen LogP contribution >= 0.6 is 0 Å². The average molecular weight is 391 g/mol. The number of rotatable bonds is 4. The Kier molecular flexibility index (Phi) is 4.36. The van der Waals surface area contributed by atoms with E-state index < -0.39 is 0 Å². The van der Waals surface area contributed by atoms with E-state index in [-0.39, 0.29) is 5.41 Å². The molecule has 0 atom stereocenters. The molecule has 30 heavy (non-hydrogen) atoms. The zero-order valence-electron chi connectivity index (χ0n) is 17.7. The van der Waals surface area contributed by atoms with Crippen LogP contribution in [0.5, 0.6) is 0 Å². The molecule has 0 saturated carbocycles. The summed E-state index contributed by atoms with van der Waals surface area (Å²) in [6.07, 6.45) is 0. The van der Waals surface area contributed by atoms with Crippen molar-refractivity contribution in [2.24, 2.45) is 0 Å². The van der Waals surface area contributed by atoms with Gasteiger partial charge in [-0.2, -0.15) is 0 Å². The second-order valence-corrected chi connectivity index (χ2v) is 8.00. The molecule has 1 aliphatic carbocycles. The van der Waals surface area contributed by atoms with Gasteiger partial charge in [0.05, 0.1) is 5.41 Å². The van der Waals surface area contributed by atoms with E-state index in [1.807, 2.05) is 14.1 Å². The Morgan fingerprint density at radius 1 is 0.567 bits per heavy atom. The molecule has 0 spiro atoms. The number of anilines is 2. The molecule has 2 nitrogen and oxygen atoms in total. The van der Waals surface area contributed by atoms with Crippen molar-refractivity contribution in [2.75, 3.05) is 24.7 Å². The standard InChI is InChI=1S/C28H26N2/c1-19-8-17-25-24-6-4-5-7-26(24)28(27(25)18-19,20-9-13-22(29-2)14-10-20)21-11-15-23(30-3)16-12-21/h4-18,29-30H,1-3H3. The number of aryl methyl sites for hydroxylation is 1. The van der Waals surface area contributed by atoms with Gasteiger partial charge < -0.3 is 10.6 Å². The summed E-state index contributed by atoms with van der Waals surface area (Å²) in [4.78, 5) is 0. The van der Waals surface area contributed by atoms with Crippen LogP contribution in [0.25, 0.3) is 11.1 Å². The summed E-state index contributed by atoms with van der Waals surface area (Å²) in [7, 11) is 3.93. The smallest absolute Gasteiger partial charge is 0.0713 e. The van der Waals surface area contributed by atoms with E-state index in [9.17, 15) is 0 Å². The van der Waals surface area contributed by atoms with Gasteiger partial charge in [-0.25, -0.2) is 0 Å². The molecule has 2 heteroatoms. The van der Waals surface area contributed by atoms with Gasteiger partial charge in [0.15, 0.2) is 0 Å². The summed E-state index contributed by atoms with van der Waals surface area (Å²) in [6, 6.07) is 33.5. The maximum Gasteiger partial charge on any atom is 0.0713 e. The van der Waals surface area contributed by atoms with Crippen molar-refractivity contribution in [1.29, 1.82) is 0 Å². The van der Waals surface area contributed by atoms with Gasteiger partial charge in [0.2, 0.25) is 0 Å². The van der Waals surface area contributed by atoms with Gasteiger partial charge in [-0.05, 0) is 64.6 Å². The number of hydrogen-bond acceptors (Lipinski definition) is 2. The topological polar surface area (TPSA) is 24.1 Å². The van der Waals surface area contributed by atoms with E-state index in [0.717, 1.165) is 11.4 Å². The minimum absolute atomic E-state index is 0.337. The maximum absolute atomic E-state index is 3.25. The molecule has 2 N–H and O–H groups in total. The van der Waals surface area contributed by atoms with Gasteiger partial charge in [-0.15, -0.1) is 0 Å². The lowest BCUT2D eigenvalue weighted by molar-refractivity contribution is 0.768. The first-order chi connectivity index (χ1) is 14.7. The molecule has 0 unspecified atom stereocenters. The van der Waals surface area contributed by atoms with Crippen LogP contribution in [0.2, 0.25) is 0 Å². The highest BCUT2D eigenvalue weighted by molar-refractivity contribution is 5.86. The zero-order valence-corrected chi connectivity index (χ0v) is 17.7. The fraction of sp³-hybridized carbons (Fsp3) is 0.143. The van der Waals surface area contributed by atoms with Gasteiger partial charge in [0.25, 0.3) is 0 Å². The first-order valence-electron chi connectivity index (χ1n) is 10.5. The number of nitrogens with one attached hydrogen (secondary N) is 2. The molecule has 4 aromatic carbocycles.